The van der Waals surface area contributed by atoms with Crippen LogP contribution in [0.2, 0.25) is 0 Å². The molecule has 98 valence electrons. The molecule has 0 spiro atoms. The van der Waals surface area contributed by atoms with Crippen molar-refractivity contribution in [1.29, 1.82) is 0 Å². The number of anilines is 1. The minimum Gasteiger partial charge on any atom is -0.481 e. The van der Waals surface area contributed by atoms with Crippen LogP contribution in [0.25, 0.3) is 0 Å². The van der Waals surface area contributed by atoms with Crippen LogP contribution in [-0.4, -0.2) is 35.2 Å². The molecule has 18 heavy (non-hydrogen) atoms. The zero-order chi connectivity index (χ0) is 13.5. The largest absolute Gasteiger partial charge is 0.481 e. The van der Waals surface area contributed by atoms with Crippen molar-refractivity contribution in [3.63, 3.8) is 0 Å². The number of benzene rings is 1. The van der Waals surface area contributed by atoms with Crippen molar-refractivity contribution < 1.29 is 19.8 Å². The third-order valence-corrected chi connectivity index (χ3v) is 2.55. The van der Waals surface area contributed by atoms with Gasteiger partial charge in [0.15, 0.2) is 0 Å². The maximum absolute atomic E-state index is 10.9. The van der Waals surface area contributed by atoms with E-state index in [1.54, 1.807) is 18.2 Å². The normalized spacial score (nSPS) is 10.1. The summed E-state index contributed by atoms with van der Waals surface area (Å²) in [5.74, 6) is -1.84. The molecule has 0 bridgehead atoms. The number of aromatic carboxylic acids is 1. The molecule has 0 radical (unpaired) electrons. The van der Waals surface area contributed by atoms with Gasteiger partial charge in [0, 0.05) is 18.8 Å². The Morgan fingerprint density at radius 1 is 1.22 bits per heavy atom. The third kappa shape index (κ3) is 4.08. The van der Waals surface area contributed by atoms with Gasteiger partial charge in [-0.05, 0) is 24.6 Å². The van der Waals surface area contributed by atoms with Crippen LogP contribution >= 0.6 is 0 Å². The summed E-state index contributed by atoms with van der Waals surface area (Å²) in [4.78, 5) is 23.4. The van der Waals surface area contributed by atoms with Crippen LogP contribution in [-0.2, 0) is 4.79 Å². The van der Waals surface area contributed by atoms with Gasteiger partial charge < -0.3 is 15.1 Å². The molecular formula is C13H17NO4. The molecule has 1 aromatic rings. The summed E-state index contributed by atoms with van der Waals surface area (Å²) in [6.07, 6.45) is 0.911. The molecule has 0 unspecified atom stereocenters. The number of aliphatic carboxylic acids is 1. The molecule has 1 aromatic carbocycles. The number of carbonyl (C=O) groups is 2. The highest BCUT2D eigenvalue weighted by molar-refractivity contribution is 5.88. The number of hydrogen-bond donors (Lipinski definition) is 2. The van der Waals surface area contributed by atoms with Gasteiger partial charge in [0.2, 0.25) is 0 Å². The average molecular weight is 251 g/mol. The molecule has 5 nitrogen and oxygen atoms in total. The first-order valence-corrected chi connectivity index (χ1v) is 5.84. The maximum atomic E-state index is 10.9. The average Bonchev–Trinajstić information content (AvgIpc) is 2.34. The fraction of sp³-hybridized carbons (Fsp3) is 0.385. The standard InChI is InChI=1S/C13H17NO4/c1-2-7-14(8-6-12(15)16)11-5-3-4-10(9-11)13(17)18/h3-5,9H,2,6-8H2,1H3,(H,15,16)(H,17,18). The summed E-state index contributed by atoms with van der Waals surface area (Å²) >= 11 is 0. The van der Waals surface area contributed by atoms with Gasteiger partial charge >= 0.3 is 11.9 Å². The second kappa shape index (κ2) is 6.64. The summed E-state index contributed by atoms with van der Waals surface area (Å²) in [7, 11) is 0. The molecule has 2 N–H and O–H groups in total. The van der Waals surface area contributed by atoms with Crippen LogP contribution in [0.3, 0.4) is 0 Å². The fourth-order valence-corrected chi connectivity index (χ4v) is 1.71. The molecule has 0 amide bonds. The van der Waals surface area contributed by atoms with Crippen LogP contribution in [0.5, 0.6) is 0 Å². The Balaban J connectivity index is 2.86. The predicted octanol–water partition coefficient (Wildman–Crippen LogP) is 2.08. The highest BCUT2D eigenvalue weighted by Crippen LogP contribution is 2.17. The second-order valence-electron chi connectivity index (χ2n) is 3.99. The van der Waals surface area contributed by atoms with Crippen LogP contribution in [0.1, 0.15) is 30.1 Å². The van der Waals surface area contributed by atoms with Crippen molar-refractivity contribution in [2.75, 3.05) is 18.0 Å². The quantitative estimate of drug-likeness (QED) is 0.775. The molecule has 0 aromatic heterocycles. The first-order valence-electron chi connectivity index (χ1n) is 5.84. The van der Waals surface area contributed by atoms with Crippen molar-refractivity contribution in [2.45, 2.75) is 19.8 Å². The van der Waals surface area contributed by atoms with Gasteiger partial charge in [-0.15, -0.1) is 0 Å². The predicted molar refractivity (Wildman–Crippen MR) is 68.2 cm³/mol. The Bertz CT molecular complexity index is 431. The molecule has 0 saturated heterocycles. The molecule has 0 saturated carbocycles. The molecule has 0 aliphatic rings. The van der Waals surface area contributed by atoms with Crippen molar-refractivity contribution in [1.82, 2.24) is 0 Å². The van der Waals surface area contributed by atoms with Crippen LogP contribution in [0, 0.1) is 0 Å². The number of rotatable bonds is 7. The number of carboxylic acids is 2. The van der Waals surface area contributed by atoms with E-state index in [0.717, 1.165) is 12.1 Å². The zero-order valence-electron chi connectivity index (χ0n) is 10.3. The smallest absolute Gasteiger partial charge is 0.335 e. The lowest BCUT2D eigenvalue weighted by molar-refractivity contribution is -0.136. The molecule has 0 aliphatic carbocycles. The minimum absolute atomic E-state index is 0.0390. The molecule has 0 atom stereocenters. The van der Waals surface area contributed by atoms with E-state index in [1.165, 1.54) is 6.07 Å². The molecule has 5 heteroatoms. The van der Waals surface area contributed by atoms with E-state index >= 15 is 0 Å². The minimum atomic E-state index is -0.980. The zero-order valence-corrected chi connectivity index (χ0v) is 10.3. The van der Waals surface area contributed by atoms with Gasteiger partial charge in [-0.1, -0.05) is 13.0 Å². The maximum Gasteiger partial charge on any atom is 0.335 e. The van der Waals surface area contributed by atoms with E-state index in [2.05, 4.69) is 0 Å². The first-order chi connectivity index (χ1) is 8.54. The Labute approximate surface area is 106 Å². The summed E-state index contributed by atoms with van der Waals surface area (Å²) < 4.78 is 0. The number of hydrogen-bond acceptors (Lipinski definition) is 3. The van der Waals surface area contributed by atoms with Crippen molar-refractivity contribution in [3.05, 3.63) is 29.8 Å². The van der Waals surface area contributed by atoms with E-state index < -0.39 is 11.9 Å². The fourth-order valence-electron chi connectivity index (χ4n) is 1.71. The van der Waals surface area contributed by atoms with Gasteiger partial charge in [-0.25, -0.2) is 4.79 Å². The highest BCUT2D eigenvalue weighted by atomic mass is 16.4. The van der Waals surface area contributed by atoms with E-state index in [-0.39, 0.29) is 12.0 Å². The third-order valence-electron chi connectivity index (χ3n) is 2.55. The Kier molecular flexibility index (Phi) is 5.17. The Hall–Kier alpha value is -2.04. The highest BCUT2D eigenvalue weighted by Gasteiger charge is 2.10. The lowest BCUT2D eigenvalue weighted by Gasteiger charge is -2.23. The molecule has 0 fully saturated rings. The Morgan fingerprint density at radius 3 is 2.50 bits per heavy atom. The lowest BCUT2D eigenvalue weighted by atomic mass is 10.2. The summed E-state index contributed by atoms with van der Waals surface area (Å²) in [6.45, 7) is 3.08. The van der Waals surface area contributed by atoms with Crippen LogP contribution in [0.4, 0.5) is 5.69 Å². The first kappa shape index (κ1) is 14.0. The molecule has 1 rings (SSSR count). The molecule has 0 heterocycles. The van der Waals surface area contributed by atoms with Gasteiger partial charge in [-0.2, -0.15) is 0 Å². The van der Waals surface area contributed by atoms with Crippen molar-refractivity contribution in [2.24, 2.45) is 0 Å². The molecule has 0 aliphatic heterocycles. The summed E-state index contributed by atoms with van der Waals surface area (Å²) in [6, 6.07) is 6.55. The number of carboxylic acid groups (broad SMARTS) is 2. The van der Waals surface area contributed by atoms with E-state index in [1.807, 2.05) is 11.8 Å². The van der Waals surface area contributed by atoms with Gasteiger partial charge in [0.25, 0.3) is 0 Å². The summed E-state index contributed by atoms with van der Waals surface area (Å²) in [5.41, 5.74) is 0.960. The lowest BCUT2D eigenvalue weighted by Crippen LogP contribution is -2.27. The molecular weight excluding hydrogens is 234 g/mol. The van der Waals surface area contributed by atoms with E-state index in [0.29, 0.717) is 13.1 Å². The van der Waals surface area contributed by atoms with E-state index in [9.17, 15) is 9.59 Å². The monoisotopic (exact) mass is 251 g/mol. The summed E-state index contributed by atoms with van der Waals surface area (Å²) in [5, 5.41) is 17.6. The van der Waals surface area contributed by atoms with Crippen molar-refractivity contribution in [3.8, 4) is 0 Å². The van der Waals surface area contributed by atoms with Crippen molar-refractivity contribution >= 4 is 17.6 Å². The SMILES string of the molecule is CCCN(CCC(=O)O)c1cccc(C(=O)O)c1. The topological polar surface area (TPSA) is 77.8 Å². The Morgan fingerprint density at radius 2 is 1.94 bits per heavy atom. The van der Waals surface area contributed by atoms with E-state index in [4.69, 9.17) is 10.2 Å². The van der Waals surface area contributed by atoms with Gasteiger partial charge in [-0.3, -0.25) is 4.79 Å². The van der Waals surface area contributed by atoms with Crippen LogP contribution < -0.4 is 4.90 Å². The van der Waals surface area contributed by atoms with Gasteiger partial charge in [0.05, 0.1) is 12.0 Å². The van der Waals surface area contributed by atoms with Crippen LogP contribution in [0.15, 0.2) is 24.3 Å². The second-order valence-corrected chi connectivity index (χ2v) is 3.99. The van der Waals surface area contributed by atoms with Gasteiger partial charge in [0.1, 0.15) is 0 Å². The number of nitrogens with zero attached hydrogens (tertiary/aromatic N) is 1.